The number of urea groups is 1. The Morgan fingerprint density at radius 1 is 0.949 bits per heavy atom. The Morgan fingerprint density at radius 3 is 2.44 bits per heavy atom. The average molecular weight is 532 g/mol. The number of carbonyl (C=O) groups is 3. The number of imide groups is 1. The summed E-state index contributed by atoms with van der Waals surface area (Å²) in [6.45, 7) is 4.81. The van der Waals surface area contributed by atoms with Gasteiger partial charge in [0, 0.05) is 88.4 Å². The van der Waals surface area contributed by atoms with Gasteiger partial charge < -0.3 is 24.3 Å². The highest BCUT2D eigenvalue weighted by molar-refractivity contribution is 6.02. The quantitative estimate of drug-likeness (QED) is 0.577. The summed E-state index contributed by atoms with van der Waals surface area (Å²) in [6, 6.07) is 16.0. The Hall–Kier alpha value is -3.75. The minimum atomic E-state index is -0.280. The molecule has 0 aromatic heterocycles. The molecule has 2 aromatic rings. The van der Waals surface area contributed by atoms with Crippen molar-refractivity contribution in [1.29, 1.82) is 0 Å². The molecule has 4 heterocycles. The molecule has 4 aliphatic rings. The van der Waals surface area contributed by atoms with E-state index in [1.54, 1.807) is 0 Å². The van der Waals surface area contributed by atoms with E-state index in [9.17, 15) is 14.4 Å². The van der Waals surface area contributed by atoms with Crippen molar-refractivity contribution in [3.63, 3.8) is 0 Å². The average Bonchev–Trinajstić information content (AvgIpc) is 3.35. The number of ether oxygens (including phenoxy) is 1. The standard InChI is InChI=1S/C30H37N5O4/c1-32(30(38)33-15-12-23(13-16-33)39-22-6-3-2-4-7-22)18-21-19-34(20-21)25-8-5-9-26-24(25)14-17-35(26)27-10-11-28(36)31-29(27)37/h2-9,21,23,27H,10-20H2,1H3,(H,31,36,37). The number of piperidine rings is 2. The van der Waals surface area contributed by atoms with E-state index in [1.807, 2.05) is 47.2 Å². The lowest BCUT2D eigenvalue weighted by molar-refractivity contribution is -0.134. The fourth-order valence-electron chi connectivity index (χ4n) is 6.49. The summed E-state index contributed by atoms with van der Waals surface area (Å²) < 4.78 is 6.08. The number of anilines is 2. The van der Waals surface area contributed by atoms with Crippen LogP contribution in [0.3, 0.4) is 0 Å². The van der Waals surface area contributed by atoms with Crippen molar-refractivity contribution in [2.24, 2.45) is 5.92 Å². The maximum absolute atomic E-state index is 13.1. The lowest BCUT2D eigenvalue weighted by Crippen LogP contribution is -2.54. The Labute approximate surface area is 229 Å². The summed E-state index contributed by atoms with van der Waals surface area (Å²) >= 11 is 0. The molecule has 206 valence electrons. The van der Waals surface area contributed by atoms with E-state index in [1.165, 1.54) is 11.3 Å². The van der Waals surface area contributed by atoms with E-state index >= 15 is 0 Å². The van der Waals surface area contributed by atoms with E-state index in [2.05, 4.69) is 33.3 Å². The van der Waals surface area contributed by atoms with Crippen LogP contribution >= 0.6 is 0 Å². The molecule has 0 spiro atoms. The zero-order valence-corrected chi connectivity index (χ0v) is 22.6. The van der Waals surface area contributed by atoms with Crippen molar-refractivity contribution in [1.82, 2.24) is 15.1 Å². The van der Waals surface area contributed by atoms with Crippen molar-refractivity contribution < 1.29 is 19.1 Å². The molecule has 4 aliphatic heterocycles. The van der Waals surface area contributed by atoms with Crippen LogP contribution in [0.2, 0.25) is 0 Å². The maximum atomic E-state index is 13.1. The molecule has 1 atom stereocenters. The molecule has 6 rings (SSSR count). The van der Waals surface area contributed by atoms with Crippen LogP contribution in [0.5, 0.6) is 5.75 Å². The molecular weight excluding hydrogens is 494 g/mol. The van der Waals surface area contributed by atoms with E-state index < -0.39 is 0 Å². The van der Waals surface area contributed by atoms with Crippen molar-refractivity contribution in [2.75, 3.05) is 56.1 Å². The van der Waals surface area contributed by atoms with E-state index in [0.717, 1.165) is 70.0 Å². The number of likely N-dealkylation sites (tertiary alicyclic amines) is 1. The molecule has 2 aromatic carbocycles. The summed E-state index contributed by atoms with van der Waals surface area (Å²) in [7, 11) is 1.91. The molecule has 4 amide bonds. The van der Waals surface area contributed by atoms with Crippen LogP contribution < -0.4 is 19.9 Å². The Kier molecular flexibility index (Phi) is 7.06. The van der Waals surface area contributed by atoms with Crippen molar-refractivity contribution >= 4 is 29.2 Å². The van der Waals surface area contributed by atoms with Gasteiger partial charge in [-0.2, -0.15) is 0 Å². The normalized spacial score (nSPS) is 21.9. The molecule has 9 nitrogen and oxygen atoms in total. The lowest BCUT2D eigenvalue weighted by atomic mass is 9.96. The van der Waals surface area contributed by atoms with Gasteiger partial charge in [-0.3, -0.25) is 14.9 Å². The second kappa shape index (κ2) is 10.8. The van der Waals surface area contributed by atoms with Gasteiger partial charge in [-0.15, -0.1) is 0 Å². The molecular formula is C30H37N5O4. The number of nitrogens with one attached hydrogen (secondary N) is 1. The second-order valence-electron chi connectivity index (χ2n) is 11.2. The summed E-state index contributed by atoms with van der Waals surface area (Å²) in [5.41, 5.74) is 3.62. The number of para-hydroxylation sites is 1. The van der Waals surface area contributed by atoms with Crippen LogP contribution in [-0.2, 0) is 16.0 Å². The van der Waals surface area contributed by atoms with Gasteiger partial charge in [-0.1, -0.05) is 24.3 Å². The summed E-state index contributed by atoms with van der Waals surface area (Å²) in [5, 5.41) is 2.49. The van der Waals surface area contributed by atoms with Crippen LogP contribution in [0, 0.1) is 5.92 Å². The Balaban J connectivity index is 0.989. The minimum absolute atomic E-state index is 0.104. The van der Waals surface area contributed by atoms with E-state index in [4.69, 9.17) is 4.74 Å². The van der Waals surface area contributed by atoms with Gasteiger partial charge in [0.15, 0.2) is 0 Å². The third kappa shape index (κ3) is 5.27. The molecule has 39 heavy (non-hydrogen) atoms. The molecule has 0 bridgehead atoms. The molecule has 0 aliphatic carbocycles. The maximum Gasteiger partial charge on any atom is 0.319 e. The van der Waals surface area contributed by atoms with Crippen molar-refractivity contribution in [3.05, 3.63) is 54.1 Å². The van der Waals surface area contributed by atoms with E-state index in [0.29, 0.717) is 18.8 Å². The summed E-state index contributed by atoms with van der Waals surface area (Å²) in [4.78, 5) is 45.6. The highest BCUT2D eigenvalue weighted by Crippen LogP contribution is 2.40. The van der Waals surface area contributed by atoms with Crippen molar-refractivity contribution in [2.45, 2.75) is 44.2 Å². The smallest absolute Gasteiger partial charge is 0.319 e. The number of carbonyl (C=O) groups excluding carboxylic acids is 3. The zero-order chi connectivity index (χ0) is 26.9. The van der Waals surface area contributed by atoms with Crippen molar-refractivity contribution in [3.8, 4) is 5.75 Å². The fourth-order valence-corrected chi connectivity index (χ4v) is 6.49. The van der Waals surface area contributed by atoms with Crippen LogP contribution in [-0.4, -0.2) is 86.1 Å². The number of nitrogens with zero attached hydrogens (tertiary/aromatic N) is 4. The van der Waals surface area contributed by atoms with Gasteiger partial charge in [-0.25, -0.2) is 4.79 Å². The first kappa shape index (κ1) is 25.5. The summed E-state index contributed by atoms with van der Waals surface area (Å²) in [6.07, 6.45) is 3.70. The minimum Gasteiger partial charge on any atom is -0.490 e. The predicted molar refractivity (Wildman–Crippen MR) is 149 cm³/mol. The third-order valence-corrected chi connectivity index (χ3v) is 8.54. The first-order valence-electron chi connectivity index (χ1n) is 14.1. The number of hydrogen-bond donors (Lipinski definition) is 1. The van der Waals surface area contributed by atoms with E-state index in [-0.39, 0.29) is 30.0 Å². The van der Waals surface area contributed by atoms with Gasteiger partial charge in [0.05, 0.1) is 0 Å². The third-order valence-electron chi connectivity index (χ3n) is 8.54. The first-order chi connectivity index (χ1) is 19.0. The number of benzene rings is 2. The lowest BCUT2D eigenvalue weighted by Gasteiger charge is -2.44. The Bertz CT molecular complexity index is 1220. The van der Waals surface area contributed by atoms with Crippen LogP contribution in [0.15, 0.2) is 48.5 Å². The molecule has 0 radical (unpaired) electrons. The first-order valence-corrected chi connectivity index (χ1v) is 14.1. The monoisotopic (exact) mass is 531 g/mol. The van der Waals surface area contributed by atoms with Gasteiger partial charge >= 0.3 is 6.03 Å². The largest absolute Gasteiger partial charge is 0.490 e. The zero-order valence-electron chi connectivity index (χ0n) is 22.6. The number of rotatable bonds is 6. The molecule has 1 unspecified atom stereocenters. The summed E-state index contributed by atoms with van der Waals surface area (Å²) in [5.74, 6) is 0.957. The SMILES string of the molecule is CN(CC1CN(c2cccc3c2CCN3C2CCC(=O)NC2=O)C1)C(=O)N1CCC(Oc2ccccc2)CC1. The van der Waals surface area contributed by atoms with Crippen LogP contribution in [0.25, 0.3) is 0 Å². The highest BCUT2D eigenvalue weighted by Gasteiger charge is 2.38. The molecule has 3 fully saturated rings. The molecule has 9 heteroatoms. The van der Waals surface area contributed by atoms with Crippen LogP contribution in [0.4, 0.5) is 16.2 Å². The molecule has 3 saturated heterocycles. The van der Waals surface area contributed by atoms with Gasteiger partial charge in [0.25, 0.3) is 0 Å². The predicted octanol–water partition coefficient (Wildman–Crippen LogP) is 2.89. The number of amides is 4. The fraction of sp³-hybridized carbons (Fsp3) is 0.500. The molecule has 0 saturated carbocycles. The number of fused-ring (bicyclic) bond motifs is 1. The number of hydrogen-bond acceptors (Lipinski definition) is 6. The Morgan fingerprint density at radius 2 is 1.69 bits per heavy atom. The van der Waals surface area contributed by atoms with Gasteiger partial charge in [0.1, 0.15) is 17.9 Å². The second-order valence-corrected chi connectivity index (χ2v) is 11.2. The van der Waals surface area contributed by atoms with Crippen LogP contribution in [0.1, 0.15) is 31.2 Å². The highest BCUT2D eigenvalue weighted by atomic mass is 16.5. The molecule has 1 N–H and O–H groups in total. The topological polar surface area (TPSA) is 85.4 Å². The van der Waals surface area contributed by atoms with Gasteiger partial charge in [0.2, 0.25) is 11.8 Å². The van der Waals surface area contributed by atoms with Gasteiger partial charge in [-0.05, 0) is 37.1 Å².